The molecule has 10 heteroatoms. The number of carbonyl (C=O) groups is 1. The van der Waals surface area contributed by atoms with Crippen molar-refractivity contribution in [1.82, 2.24) is 14.8 Å². The average molecular weight is 467 g/mol. The molecule has 32 heavy (non-hydrogen) atoms. The van der Waals surface area contributed by atoms with Crippen LogP contribution in [0.15, 0.2) is 24.5 Å². The Labute approximate surface area is 189 Å². The number of amides is 1. The lowest BCUT2D eigenvalue weighted by Gasteiger charge is -2.60. The molecule has 1 aromatic heterocycles. The van der Waals surface area contributed by atoms with Crippen molar-refractivity contribution in [2.75, 3.05) is 11.9 Å². The smallest absolute Gasteiger partial charge is 0.387 e. The van der Waals surface area contributed by atoms with Crippen LogP contribution < -0.4 is 14.8 Å². The summed E-state index contributed by atoms with van der Waals surface area (Å²) in [6.45, 7) is -0.918. The second-order valence-electron chi connectivity index (χ2n) is 9.35. The third kappa shape index (κ3) is 3.70. The number of alkyl halides is 2. The van der Waals surface area contributed by atoms with E-state index in [0.717, 1.165) is 32.1 Å². The summed E-state index contributed by atoms with van der Waals surface area (Å²) in [6.07, 6.45) is 7.13. The Morgan fingerprint density at radius 3 is 2.66 bits per heavy atom. The predicted molar refractivity (Wildman–Crippen MR) is 113 cm³/mol. The first-order valence-electron chi connectivity index (χ1n) is 10.9. The Kier molecular flexibility index (Phi) is 5.27. The number of halogens is 3. The highest BCUT2D eigenvalue weighted by Crippen LogP contribution is 2.64. The number of aromatic nitrogens is 3. The molecule has 2 aromatic rings. The summed E-state index contributed by atoms with van der Waals surface area (Å²) in [5.41, 5.74) is -0.256. The number of rotatable bonds is 7. The van der Waals surface area contributed by atoms with Gasteiger partial charge in [0.15, 0.2) is 11.5 Å². The maximum atomic E-state index is 13.6. The molecule has 0 aliphatic heterocycles. The Morgan fingerprint density at radius 2 is 2.03 bits per heavy atom. The number of hydrogen-bond acceptors (Lipinski definition) is 5. The van der Waals surface area contributed by atoms with Crippen molar-refractivity contribution in [2.45, 2.75) is 57.6 Å². The van der Waals surface area contributed by atoms with Crippen LogP contribution in [0.1, 0.15) is 45.4 Å². The Bertz CT molecular complexity index is 1020. The molecule has 1 aromatic carbocycles. The minimum atomic E-state index is -2.96. The first-order valence-corrected chi connectivity index (χ1v) is 11.3. The van der Waals surface area contributed by atoms with Gasteiger partial charge in [-0.15, -0.1) is 5.10 Å². The van der Waals surface area contributed by atoms with Gasteiger partial charge in [-0.1, -0.05) is 0 Å². The van der Waals surface area contributed by atoms with E-state index >= 15 is 0 Å². The van der Waals surface area contributed by atoms with Crippen molar-refractivity contribution < 1.29 is 23.0 Å². The van der Waals surface area contributed by atoms with Crippen molar-refractivity contribution in [1.29, 1.82) is 0 Å². The quantitative estimate of drug-likeness (QED) is 0.630. The van der Waals surface area contributed by atoms with Crippen LogP contribution in [0.25, 0.3) is 0 Å². The maximum absolute atomic E-state index is 13.6. The van der Waals surface area contributed by atoms with E-state index in [1.165, 1.54) is 12.1 Å². The molecule has 4 bridgehead atoms. The SMILES string of the molecule is CCOc1cc(NC(=O)C23C[C@H]4C[C@H](C2)CC(n2cnc(Cl)n2)(C4)C3)ccc1OC(F)F. The van der Waals surface area contributed by atoms with Gasteiger partial charge in [0.1, 0.15) is 6.33 Å². The van der Waals surface area contributed by atoms with Gasteiger partial charge in [0.2, 0.25) is 11.2 Å². The van der Waals surface area contributed by atoms with Crippen LogP contribution in [0, 0.1) is 17.3 Å². The molecule has 0 spiro atoms. The lowest BCUT2D eigenvalue weighted by atomic mass is 9.46. The second-order valence-corrected chi connectivity index (χ2v) is 9.69. The normalized spacial score (nSPS) is 30.5. The zero-order chi connectivity index (χ0) is 22.5. The molecule has 4 fully saturated rings. The number of nitrogens with zero attached hydrogens (tertiary/aromatic N) is 3. The van der Waals surface area contributed by atoms with Gasteiger partial charge < -0.3 is 14.8 Å². The van der Waals surface area contributed by atoms with E-state index < -0.39 is 12.0 Å². The van der Waals surface area contributed by atoms with Gasteiger partial charge in [-0.05, 0) is 81.0 Å². The summed E-state index contributed by atoms with van der Waals surface area (Å²) in [5.74, 6) is 0.963. The van der Waals surface area contributed by atoms with Crippen molar-refractivity contribution in [3.05, 3.63) is 29.8 Å². The van der Waals surface area contributed by atoms with E-state index in [1.807, 2.05) is 4.68 Å². The Morgan fingerprint density at radius 1 is 1.28 bits per heavy atom. The molecule has 1 N–H and O–H groups in total. The molecule has 0 unspecified atom stereocenters. The fraction of sp³-hybridized carbons (Fsp3) is 0.591. The van der Waals surface area contributed by atoms with Crippen LogP contribution in [0.3, 0.4) is 0 Å². The monoisotopic (exact) mass is 466 g/mol. The molecule has 7 nitrogen and oxygen atoms in total. The number of hydrogen-bond donors (Lipinski definition) is 1. The maximum Gasteiger partial charge on any atom is 0.387 e. The third-order valence-corrected chi connectivity index (χ3v) is 7.35. The molecular weight excluding hydrogens is 442 g/mol. The van der Waals surface area contributed by atoms with Crippen LogP contribution in [-0.4, -0.2) is 33.9 Å². The highest BCUT2D eigenvalue weighted by molar-refractivity contribution is 6.28. The van der Waals surface area contributed by atoms with E-state index in [0.29, 0.717) is 23.9 Å². The molecule has 0 radical (unpaired) electrons. The van der Waals surface area contributed by atoms with Crippen LogP contribution in [-0.2, 0) is 10.3 Å². The molecule has 4 aliphatic carbocycles. The molecule has 4 aliphatic rings. The molecule has 1 amide bonds. The minimum Gasteiger partial charge on any atom is -0.490 e. The first-order chi connectivity index (χ1) is 15.3. The summed E-state index contributed by atoms with van der Waals surface area (Å²) in [6, 6.07) is 4.49. The summed E-state index contributed by atoms with van der Waals surface area (Å²) < 4.78 is 37.2. The Hall–Kier alpha value is -2.42. The van der Waals surface area contributed by atoms with Gasteiger partial charge in [-0.25, -0.2) is 9.67 Å². The molecular formula is C22H25ClF2N4O3. The second kappa shape index (κ2) is 7.86. The van der Waals surface area contributed by atoms with Gasteiger partial charge in [0, 0.05) is 11.8 Å². The molecule has 172 valence electrons. The summed E-state index contributed by atoms with van der Waals surface area (Å²) >= 11 is 6.00. The van der Waals surface area contributed by atoms with Crippen LogP contribution in [0.2, 0.25) is 5.28 Å². The molecule has 1 heterocycles. The lowest BCUT2D eigenvalue weighted by molar-refractivity contribution is -0.150. The third-order valence-electron chi connectivity index (χ3n) is 7.18. The van der Waals surface area contributed by atoms with E-state index in [2.05, 4.69) is 20.1 Å². The van der Waals surface area contributed by atoms with Crippen molar-refractivity contribution in [3.63, 3.8) is 0 Å². The predicted octanol–water partition coefficient (Wildman–Crippen LogP) is 4.87. The number of nitrogens with one attached hydrogen (secondary N) is 1. The number of carbonyl (C=O) groups excluding carboxylic acids is 1. The van der Waals surface area contributed by atoms with E-state index in [1.54, 1.807) is 19.3 Å². The van der Waals surface area contributed by atoms with Crippen LogP contribution in [0.4, 0.5) is 14.5 Å². The lowest BCUT2D eigenvalue weighted by Crippen LogP contribution is -2.60. The summed E-state index contributed by atoms with van der Waals surface area (Å²) in [4.78, 5) is 17.7. The molecule has 6 rings (SSSR count). The number of anilines is 1. The fourth-order valence-corrected chi connectivity index (χ4v) is 6.66. The van der Waals surface area contributed by atoms with Crippen molar-refractivity contribution in [2.24, 2.45) is 17.3 Å². The first kappa shape index (κ1) is 21.4. The zero-order valence-corrected chi connectivity index (χ0v) is 18.4. The summed E-state index contributed by atoms with van der Waals surface area (Å²) in [7, 11) is 0. The zero-order valence-electron chi connectivity index (χ0n) is 17.7. The van der Waals surface area contributed by atoms with Crippen LogP contribution >= 0.6 is 11.6 Å². The fourth-order valence-electron chi connectivity index (χ4n) is 6.53. The molecule has 0 saturated heterocycles. The summed E-state index contributed by atoms with van der Waals surface area (Å²) in [5, 5.41) is 7.62. The molecule has 2 atom stereocenters. The topological polar surface area (TPSA) is 78.3 Å². The highest BCUT2D eigenvalue weighted by Gasteiger charge is 2.61. The van der Waals surface area contributed by atoms with Gasteiger partial charge >= 0.3 is 6.61 Å². The number of ether oxygens (including phenoxy) is 2. The largest absolute Gasteiger partial charge is 0.490 e. The van der Waals surface area contributed by atoms with E-state index in [-0.39, 0.29) is 34.8 Å². The van der Waals surface area contributed by atoms with E-state index in [9.17, 15) is 13.6 Å². The van der Waals surface area contributed by atoms with Crippen molar-refractivity contribution >= 4 is 23.2 Å². The Balaban J connectivity index is 1.40. The van der Waals surface area contributed by atoms with Gasteiger partial charge in [0.05, 0.1) is 17.6 Å². The number of benzene rings is 1. The van der Waals surface area contributed by atoms with Gasteiger partial charge in [-0.2, -0.15) is 8.78 Å². The standard InChI is InChI=1S/C22H25ClF2N4O3/c1-2-31-17-6-15(3-4-16(17)32-20(24)25)27-18(30)21-7-13-5-14(8-21)10-22(9-13,11-21)29-12-26-19(23)28-29/h3-4,6,12-14,20H,2,5,7-11H2,1H3,(H,27,30)/t13-,14-,21?,22?/m1/s1. The van der Waals surface area contributed by atoms with Gasteiger partial charge in [0.25, 0.3) is 0 Å². The average Bonchev–Trinajstić information content (AvgIpc) is 3.16. The van der Waals surface area contributed by atoms with E-state index in [4.69, 9.17) is 16.3 Å². The minimum absolute atomic E-state index is 0.0489. The van der Waals surface area contributed by atoms with Crippen LogP contribution in [0.5, 0.6) is 11.5 Å². The van der Waals surface area contributed by atoms with Crippen molar-refractivity contribution in [3.8, 4) is 11.5 Å². The molecule has 4 saturated carbocycles. The van der Waals surface area contributed by atoms with Gasteiger partial charge in [-0.3, -0.25) is 4.79 Å². The highest BCUT2D eigenvalue weighted by atomic mass is 35.5.